The minimum Gasteiger partial charge on any atom is -0.322 e. The first kappa shape index (κ1) is 7.80. The molecule has 1 amide bonds. The molecule has 0 radical (unpaired) electrons. The smallest absolute Gasteiger partial charge is 0.220 e. The summed E-state index contributed by atoms with van der Waals surface area (Å²) >= 11 is 0. The molecular formula is C12H11NO. The predicted molar refractivity (Wildman–Crippen MR) is 53.6 cm³/mol. The van der Waals surface area contributed by atoms with Crippen LogP contribution in [0.5, 0.6) is 0 Å². The molecule has 14 heavy (non-hydrogen) atoms. The molecule has 0 fully saturated rings. The Balaban J connectivity index is 2.15. The van der Waals surface area contributed by atoms with E-state index in [9.17, 15) is 4.79 Å². The molecule has 0 N–H and O–H groups in total. The Bertz CT molecular complexity index is 403. The van der Waals surface area contributed by atoms with Crippen molar-refractivity contribution in [3.05, 3.63) is 47.5 Å². The van der Waals surface area contributed by atoms with Crippen molar-refractivity contribution in [1.82, 2.24) is 4.90 Å². The van der Waals surface area contributed by atoms with E-state index in [0.717, 1.165) is 0 Å². The largest absolute Gasteiger partial charge is 0.322 e. The van der Waals surface area contributed by atoms with Crippen LogP contribution in [0.25, 0.3) is 0 Å². The Morgan fingerprint density at radius 2 is 1.64 bits per heavy atom. The Labute approximate surface area is 82.8 Å². The fourth-order valence-corrected chi connectivity index (χ4v) is 2.52. The Morgan fingerprint density at radius 3 is 2.07 bits per heavy atom. The van der Waals surface area contributed by atoms with E-state index in [4.69, 9.17) is 0 Å². The summed E-state index contributed by atoms with van der Waals surface area (Å²) in [6.07, 6.45) is 4.24. The maximum Gasteiger partial charge on any atom is 0.220 e. The van der Waals surface area contributed by atoms with Gasteiger partial charge < -0.3 is 4.90 Å². The van der Waals surface area contributed by atoms with Crippen molar-refractivity contribution < 1.29 is 4.79 Å². The minimum atomic E-state index is 0.154. The van der Waals surface area contributed by atoms with Crippen LogP contribution in [0.15, 0.2) is 36.4 Å². The van der Waals surface area contributed by atoms with Crippen LogP contribution in [0.1, 0.15) is 30.1 Å². The molecule has 2 unspecified atom stereocenters. The first-order chi connectivity index (χ1) is 6.79. The molecule has 1 aromatic carbocycles. The molecule has 2 heteroatoms. The van der Waals surface area contributed by atoms with E-state index in [2.05, 4.69) is 24.3 Å². The highest BCUT2D eigenvalue weighted by Gasteiger charge is 2.40. The van der Waals surface area contributed by atoms with Crippen molar-refractivity contribution in [3.63, 3.8) is 0 Å². The number of nitrogens with zero attached hydrogens (tertiary/aromatic N) is 1. The fraction of sp³-hybridized carbons (Fsp3) is 0.250. The normalized spacial score (nSPS) is 26.8. The van der Waals surface area contributed by atoms with Gasteiger partial charge in [0.05, 0.1) is 12.1 Å². The number of carbonyl (C=O) groups is 1. The second-order valence-corrected chi connectivity index (χ2v) is 3.83. The summed E-state index contributed by atoms with van der Waals surface area (Å²) in [5, 5.41) is 0. The zero-order valence-corrected chi connectivity index (χ0v) is 7.97. The maximum absolute atomic E-state index is 11.5. The molecule has 1 aromatic rings. The van der Waals surface area contributed by atoms with Crippen molar-refractivity contribution >= 4 is 5.91 Å². The zero-order chi connectivity index (χ0) is 9.71. The van der Waals surface area contributed by atoms with Gasteiger partial charge >= 0.3 is 0 Å². The second kappa shape index (κ2) is 2.47. The lowest BCUT2D eigenvalue weighted by molar-refractivity contribution is -0.130. The van der Waals surface area contributed by atoms with E-state index >= 15 is 0 Å². The van der Waals surface area contributed by atoms with Gasteiger partial charge in [-0.25, -0.2) is 0 Å². The monoisotopic (exact) mass is 185 g/mol. The van der Waals surface area contributed by atoms with Gasteiger partial charge in [-0.2, -0.15) is 0 Å². The number of amides is 1. The molecule has 0 saturated carbocycles. The molecule has 70 valence electrons. The third-order valence-corrected chi connectivity index (χ3v) is 3.07. The second-order valence-electron chi connectivity index (χ2n) is 3.83. The fourth-order valence-electron chi connectivity index (χ4n) is 2.52. The molecule has 2 heterocycles. The standard InChI is InChI=1S/C12H11NO/c1-8(14)13-11-6-7-12(13)10-5-3-2-4-9(10)11/h2-7,11-12H,1H3. The molecule has 2 aliphatic heterocycles. The van der Waals surface area contributed by atoms with E-state index in [-0.39, 0.29) is 18.0 Å². The van der Waals surface area contributed by atoms with Gasteiger partial charge in [-0.15, -0.1) is 0 Å². The average Bonchev–Trinajstić information content (AvgIpc) is 2.73. The minimum absolute atomic E-state index is 0.154. The van der Waals surface area contributed by atoms with Gasteiger partial charge in [0.2, 0.25) is 5.91 Å². The molecule has 0 spiro atoms. The van der Waals surface area contributed by atoms with E-state index in [1.165, 1.54) is 11.1 Å². The number of benzene rings is 1. The van der Waals surface area contributed by atoms with E-state index in [1.807, 2.05) is 17.0 Å². The van der Waals surface area contributed by atoms with Crippen LogP contribution in [0, 0.1) is 0 Å². The van der Waals surface area contributed by atoms with Gasteiger partial charge in [0, 0.05) is 6.92 Å². The summed E-state index contributed by atoms with van der Waals surface area (Å²) in [5.41, 5.74) is 2.57. The molecule has 2 nitrogen and oxygen atoms in total. The Morgan fingerprint density at radius 1 is 1.14 bits per heavy atom. The van der Waals surface area contributed by atoms with Gasteiger partial charge in [0.15, 0.2) is 0 Å². The van der Waals surface area contributed by atoms with Crippen LogP contribution in [0.2, 0.25) is 0 Å². The third kappa shape index (κ3) is 0.782. The lowest BCUT2D eigenvalue weighted by atomic mass is 9.97. The lowest BCUT2D eigenvalue weighted by Gasteiger charge is -2.20. The summed E-state index contributed by atoms with van der Waals surface area (Å²) < 4.78 is 0. The highest BCUT2D eigenvalue weighted by atomic mass is 16.2. The van der Waals surface area contributed by atoms with Gasteiger partial charge in [-0.1, -0.05) is 36.4 Å². The highest BCUT2D eigenvalue weighted by molar-refractivity contribution is 5.77. The molecule has 0 saturated heterocycles. The first-order valence-corrected chi connectivity index (χ1v) is 4.85. The number of fused-ring (bicyclic) bond motifs is 5. The quantitative estimate of drug-likeness (QED) is 0.567. The summed E-state index contributed by atoms with van der Waals surface area (Å²) in [5.74, 6) is 0.154. The lowest BCUT2D eigenvalue weighted by Crippen LogP contribution is -2.25. The molecule has 0 aliphatic carbocycles. The van der Waals surface area contributed by atoms with Crippen LogP contribution in [-0.4, -0.2) is 10.8 Å². The van der Waals surface area contributed by atoms with Crippen molar-refractivity contribution in [2.24, 2.45) is 0 Å². The Hall–Kier alpha value is -1.57. The first-order valence-electron chi connectivity index (χ1n) is 4.85. The van der Waals surface area contributed by atoms with Gasteiger partial charge in [0.1, 0.15) is 0 Å². The maximum atomic E-state index is 11.5. The number of rotatable bonds is 0. The predicted octanol–water partition coefficient (Wildman–Crippen LogP) is 2.20. The van der Waals surface area contributed by atoms with Crippen LogP contribution >= 0.6 is 0 Å². The van der Waals surface area contributed by atoms with Gasteiger partial charge in [-0.3, -0.25) is 4.79 Å². The summed E-state index contributed by atoms with van der Waals surface area (Å²) in [6, 6.07) is 8.67. The van der Waals surface area contributed by atoms with Crippen LogP contribution < -0.4 is 0 Å². The zero-order valence-electron chi connectivity index (χ0n) is 7.97. The van der Waals surface area contributed by atoms with Crippen LogP contribution in [0.3, 0.4) is 0 Å². The number of carbonyl (C=O) groups excluding carboxylic acids is 1. The van der Waals surface area contributed by atoms with E-state index in [1.54, 1.807) is 6.92 Å². The number of hydrogen-bond donors (Lipinski definition) is 0. The summed E-state index contributed by atoms with van der Waals surface area (Å²) in [7, 11) is 0. The van der Waals surface area contributed by atoms with E-state index < -0.39 is 0 Å². The average molecular weight is 185 g/mol. The van der Waals surface area contributed by atoms with E-state index in [0.29, 0.717) is 0 Å². The highest BCUT2D eigenvalue weighted by Crippen LogP contribution is 2.48. The Kier molecular flexibility index (Phi) is 1.38. The van der Waals surface area contributed by atoms with Gasteiger partial charge in [-0.05, 0) is 11.1 Å². The van der Waals surface area contributed by atoms with Gasteiger partial charge in [0.25, 0.3) is 0 Å². The molecule has 0 aromatic heterocycles. The van der Waals surface area contributed by atoms with Crippen molar-refractivity contribution in [2.45, 2.75) is 19.0 Å². The van der Waals surface area contributed by atoms with Crippen molar-refractivity contribution in [1.29, 1.82) is 0 Å². The van der Waals surface area contributed by atoms with Crippen LogP contribution in [0.4, 0.5) is 0 Å². The topological polar surface area (TPSA) is 20.3 Å². The summed E-state index contributed by atoms with van der Waals surface area (Å²) in [6.45, 7) is 1.64. The molecule has 2 aliphatic rings. The molecule has 3 rings (SSSR count). The number of hydrogen-bond acceptors (Lipinski definition) is 1. The van der Waals surface area contributed by atoms with Crippen LogP contribution in [-0.2, 0) is 4.79 Å². The SMILES string of the molecule is CC(=O)N1C2C=CC1c1ccccc12. The molecule has 2 atom stereocenters. The van der Waals surface area contributed by atoms with Crippen molar-refractivity contribution in [2.75, 3.05) is 0 Å². The molecule has 2 bridgehead atoms. The third-order valence-electron chi connectivity index (χ3n) is 3.07. The van der Waals surface area contributed by atoms with Crippen molar-refractivity contribution in [3.8, 4) is 0 Å². The summed E-state index contributed by atoms with van der Waals surface area (Å²) in [4.78, 5) is 13.4. The molecular weight excluding hydrogens is 174 g/mol.